The molecule has 0 fully saturated rings. The average molecular weight is 302 g/mol. The summed E-state index contributed by atoms with van der Waals surface area (Å²) < 4.78 is 1.11. The topological polar surface area (TPSA) is 0 Å². The Morgan fingerprint density at radius 3 is 2.53 bits per heavy atom. The summed E-state index contributed by atoms with van der Waals surface area (Å²) in [4.78, 5) is 1.24. The van der Waals surface area contributed by atoms with E-state index in [-0.39, 0.29) is 5.38 Å². The van der Waals surface area contributed by atoms with Crippen LogP contribution in [0.25, 0.3) is 0 Å². The highest BCUT2D eigenvalue weighted by molar-refractivity contribution is 9.10. The summed E-state index contributed by atoms with van der Waals surface area (Å²) in [6, 6.07) is 12.4. The van der Waals surface area contributed by atoms with Crippen molar-refractivity contribution in [1.29, 1.82) is 0 Å². The molecule has 0 aliphatic carbocycles. The molecular weight excluding hydrogens is 292 g/mol. The summed E-state index contributed by atoms with van der Waals surface area (Å²) in [7, 11) is 0. The van der Waals surface area contributed by atoms with Crippen molar-refractivity contribution in [2.24, 2.45) is 0 Å². The quantitative estimate of drug-likeness (QED) is 0.697. The molecule has 0 saturated heterocycles. The van der Waals surface area contributed by atoms with Crippen LogP contribution >= 0.6 is 38.9 Å². The van der Waals surface area contributed by atoms with Gasteiger partial charge in [0.05, 0.1) is 5.38 Å². The Bertz CT molecular complexity index is 408. The average Bonchev–Trinajstić information content (AvgIpc) is 2.74. The zero-order valence-electron chi connectivity index (χ0n) is 7.99. The minimum absolute atomic E-state index is 0.0891. The molecule has 0 aliphatic heterocycles. The van der Waals surface area contributed by atoms with Crippen LogP contribution in [0.4, 0.5) is 0 Å². The first-order chi connectivity index (χ1) is 7.25. The van der Waals surface area contributed by atoms with Crippen LogP contribution in [0.3, 0.4) is 0 Å². The van der Waals surface area contributed by atoms with Gasteiger partial charge < -0.3 is 0 Å². The van der Waals surface area contributed by atoms with Crippen LogP contribution in [-0.2, 0) is 6.42 Å². The molecule has 1 aromatic carbocycles. The molecule has 1 heterocycles. The molecule has 2 rings (SSSR count). The predicted octanol–water partition coefficient (Wildman–Crippen LogP) is 5.03. The van der Waals surface area contributed by atoms with Gasteiger partial charge in [-0.05, 0) is 35.6 Å². The van der Waals surface area contributed by atoms with E-state index in [1.807, 2.05) is 18.2 Å². The molecule has 0 N–H and O–H groups in total. The normalized spacial score (nSPS) is 12.7. The molecule has 78 valence electrons. The zero-order valence-corrected chi connectivity index (χ0v) is 11.1. The molecule has 1 atom stereocenters. The van der Waals surface area contributed by atoms with Gasteiger partial charge >= 0.3 is 0 Å². The van der Waals surface area contributed by atoms with Crippen molar-refractivity contribution >= 4 is 38.9 Å². The summed E-state index contributed by atoms with van der Waals surface area (Å²) in [5, 5.41) is 2.15. The molecule has 0 aliphatic rings. The Morgan fingerprint density at radius 2 is 1.93 bits per heavy atom. The Hall–Kier alpha value is -0.310. The fourth-order valence-electron chi connectivity index (χ4n) is 1.40. The predicted molar refractivity (Wildman–Crippen MR) is 70.8 cm³/mol. The van der Waals surface area contributed by atoms with Gasteiger partial charge in [-0.1, -0.05) is 34.1 Å². The third kappa shape index (κ3) is 3.07. The first kappa shape index (κ1) is 11.2. The van der Waals surface area contributed by atoms with Crippen molar-refractivity contribution in [2.45, 2.75) is 11.8 Å². The lowest BCUT2D eigenvalue weighted by atomic mass is 10.1. The minimum atomic E-state index is 0.0891. The summed E-state index contributed by atoms with van der Waals surface area (Å²) in [6.07, 6.45) is 0.884. The Labute approximate surface area is 107 Å². The van der Waals surface area contributed by atoms with E-state index in [1.54, 1.807) is 11.3 Å². The van der Waals surface area contributed by atoms with Gasteiger partial charge in [0, 0.05) is 9.35 Å². The number of benzene rings is 1. The van der Waals surface area contributed by atoms with Gasteiger partial charge in [0.25, 0.3) is 0 Å². The Morgan fingerprint density at radius 1 is 1.20 bits per heavy atom. The molecule has 3 heteroatoms. The SMILES string of the molecule is ClC(Cc1ccc(Br)cc1)c1cccs1. The summed E-state index contributed by atoms with van der Waals surface area (Å²) >= 11 is 11.5. The standard InChI is InChI=1S/C12H10BrClS/c13-10-5-3-9(4-6-10)8-11(14)12-2-1-7-15-12/h1-7,11H,8H2. The van der Waals surface area contributed by atoms with Gasteiger partial charge in [0.1, 0.15) is 0 Å². The maximum Gasteiger partial charge on any atom is 0.0718 e. The molecule has 2 aromatic rings. The third-order valence-corrected chi connectivity index (χ3v) is 4.21. The highest BCUT2D eigenvalue weighted by atomic mass is 79.9. The van der Waals surface area contributed by atoms with E-state index in [0.717, 1.165) is 10.9 Å². The fraction of sp³-hybridized carbons (Fsp3) is 0.167. The van der Waals surface area contributed by atoms with E-state index in [0.29, 0.717) is 0 Å². The number of rotatable bonds is 3. The van der Waals surface area contributed by atoms with Crippen molar-refractivity contribution in [3.8, 4) is 0 Å². The highest BCUT2D eigenvalue weighted by Crippen LogP contribution is 2.28. The van der Waals surface area contributed by atoms with Gasteiger partial charge in [-0.25, -0.2) is 0 Å². The van der Waals surface area contributed by atoms with Crippen molar-refractivity contribution in [3.63, 3.8) is 0 Å². The second-order valence-electron chi connectivity index (χ2n) is 3.31. The Kier molecular flexibility index (Phi) is 3.84. The maximum absolute atomic E-state index is 6.32. The first-order valence-corrected chi connectivity index (χ1v) is 6.78. The lowest BCUT2D eigenvalue weighted by molar-refractivity contribution is 0.939. The van der Waals surface area contributed by atoms with Crippen molar-refractivity contribution in [1.82, 2.24) is 0 Å². The fourth-order valence-corrected chi connectivity index (χ4v) is 2.77. The van der Waals surface area contributed by atoms with Gasteiger partial charge in [-0.3, -0.25) is 0 Å². The van der Waals surface area contributed by atoms with Crippen LogP contribution in [0.15, 0.2) is 46.3 Å². The zero-order chi connectivity index (χ0) is 10.7. The molecule has 0 spiro atoms. The van der Waals surface area contributed by atoms with Gasteiger partial charge in [-0.15, -0.1) is 22.9 Å². The molecule has 15 heavy (non-hydrogen) atoms. The number of thiophene rings is 1. The van der Waals surface area contributed by atoms with Crippen LogP contribution in [0.1, 0.15) is 15.8 Å². The molecule has 0 bridgehead atoms. The van der Waals surface area contributed by atoms with Crippen molar-refractivity contribution in [2.75, 3.05) is 0 Å². The molecule has 0 nitrogen and oxygen atoms in total. The number of halogens is 2. The summed E-state index contributed by atoms with van der Waals surface area (Å²) in [5.74, 6) is 0. The molecular formula is C12H10BrClS. The first-order valence-electron chi connectivity index (χ1n) is 4.67. The van der Waals surface area contributed by atoms with Crippen molar-refractivity contribution < 1.29 is 0 Å². The van der Waals surface area contributed by atoms with E-state index < -0.39 is 0 Å². The second-order valence-corrected chi connectivity index (χ2v) is 5.74. The molecule has 0 amide bonds. The van der Waals surface area contributed by atoms with Crippen LogP contribution in [0.2, 0.25) is 0 Å². The van der Waals surface area contributed by atoms with Crippen LogP contribution < -0.4 is 0 Å². The van der Waals surface area contributed by atoms with Crippen molar-refractivity contribution in [3.05, 3.63) is 56.7 Å². The third-order valence-electron chi connectivity index (χ3n) is 2.18. The summed E-state index contributed by atoms with van der Waals surface area (Å²) in [6.45, 7) is 0. The number of hydrogen-bond donors (Lipinski definition) is 0. The van der Waals surface area contributed by atoms with Gasteiger partial charge in [-0.2, -0.15) is 0 Å². The minimum Gasteiger partial charge on any atom is -0.147 e. The highest BCUT2D eigenvalue weighted by Gasteiger charge is 2.09. The van der Waals surface area contributed by atoms with E-state index >= 15 is 0 Å². The molecule has 0 saturated carbocycles. The number of alkyl halides is 1. The maximum atomic E-state index is 6.32. The number of hydrogen-bond acceptors (Lipinski definition) is 1. The lowest BCUT2D eigenvalue weighted by Gasteiger charge is -2.07. The summed E-state index contributed by atoms with van der Waals surface area (Å²) in [5.41, 5.74) is 1.27. The van der Waals surface area contributed by atoms with Crippen LogP contribution in [-0.4, -0.2) is 0 Å². The van der Waals surface area contributed by atoms with E-state index in [9.17, 15) is 0 Å². The molecule has 1 aromatic heterocycles. The smallest absolute Gasteiger partial charge is 0.0718 e. The van der Waals surface area contributed by atoms with Gasteiger partial charge in [0.15, 0.2) is 0 Å². The monoisotopic (exact) mass is 300 g/mol. The van der Waals surface area contributed by atoms with Gasteiger partial charge in [0.2, 0.25) is 0 Å². The largest absolute Gasteiger partial charge is 0.147 e. The Balaban J connectivity index is 2.06. The second kappa shape index (κ2) is 5.15. The van der Waals surface area contributed by atoms with E-state index in [1.165, 1.54) is 10.4 Å². The van der Waals surface area contributed by atoms with Crippen LogP contribution in [0, 0.1) is 0 Å². The lowest BCUT2D eigenvalue weighted by Crippen LogP contribution is -1.92. The van der Waals surface area contributed by atoms with E-state index in [2.05, 4.69) is 39.5 Å². The van der Waals surface area contributed by atoms with E-state index in [4.69, 9.17) is 11.6 Å². The molecule has 0 radical (unpaired) electrons. The molecule has 1 unspecified atom stereocenters. The van der Waals surface area contributed by atoms with Crippen LogP contribution in [0.5, 0.6) is 0 Å².